The van der Waals surface area contributed by atoms with Crippen molar-refractivity contribution in [1.29, 1.82) is 0 Å². The number of piperazine rings is 1. The van der Waals surface area contributed by atoms with Gasteiger partial charge in [-0.2, -0.15) is 0 Å². The van der Waals surface area contributed by atoms with Crippen LogP contribution in [0.25, 0.3) is 11.2 Å². The first-order valence-corrected chi connectivity index (χ1v) is 22.0. The van der Waals surface area contributed by atoms with Crippen LogP contribution in [0.3, 0.4) is 0 Å². The minimum absolute atomic E-state index is 0.0740. The number of imide groups is 2. The van der Waals surface area contributed by atoms with E-state index in [1.807, 2.05) is 31.5 Å². The summed E-state index contributed by atoms with van der Waals surface area (Å²) in [5, 5.41) is 8.82. The van der Waals surface area contributed by atoms with Crippen LogP contribution in [-0.2, 0) is 16.1 Å². The summed E-state index contributed by atoms with van der Waals surface area (Å²) in [6.45, 7) is 9.22. The molecule has 0 bridgehead atoms. The van der Waals surface area contributed by atoms with Crippen molar-refractivity contribution in [3.63, 3.8) is 0 Å². The van der Waals surface area contributed by atoms with Gasteiger partial charge in [0, 0.05) is 87.9 Å². The first kappa shape index (κ1) is 40.3. The lowest BCUT2D eigenvalue weighted by molar-refractivity contribution is -0.136. The SMILES string of the molecule is Cc1cccc(C(=O)NC2CC(n3cnc4c(NCc5ccc(N6CCN(CC7CCN(c8ccc9c(c8)C(=O)N([C@H]8CCC(=O)NC8=O)C9=O)CC7)CC6)cc5)ncnc43)C2)n1. The number of benzene rings is 2. The predicted octanol–water partition coefficient (Wildman–Crippen LogP) is 3.72. The van der Waals surface area contributed by atoms with E-state index in [-0.39, 0.29) is 36.7 Å². The molecule has 10 rings (SSSR count). The van der Waals surface area contributed by atoms with Crippen molar-refractivity contribution in [2.45, 2.75) is 70.1 Å². The maximum atomic E-state index is 13.4. The Bertz CT molecular complexity index is 2590. The van der Waals surface area contributed by atoms with Gasteiger partial charge >= 0.3 is 0 Å². The highest BCUT2D eigenvalue weighted by atomic mass is 16.2. The molecule has 5 aliphatic rings. The number of aromatic nitrogens is 5. The van der Waals surface area contributed by atoms with Gasteiger partial charge in [0.1, 0.15) is 23.6 Å². The van der Waals surface area contributed by atoms with E-state index in [1.165, 1.54) is 5.69 Å². The molecule has 0 radical (unpaired) electrons. The number of hydrogen-bond donors (Lipinski definition) is 3. The third kappa shape index (κ3) is 8.08. The largest absolute Gasteiger partial charge is 0.371 e. The second kappa shape index (κ2) is 16.8. The molecule has 4 fully saturated rings. The highest BCUT2D eigenvalue weighted by Gasteiger charge is 2.45. The minimum Gasteiger partial charge on any atom is -0.371 e. The van der Waals surface area contributed by atoms with Gasteiger partial charge in [-0.05, 0) is 93.0 Å². The summed E-state index contributed by atoms with van der Waals surface area (Å²) in [7, 11) is 0. The zero-order valence-electron chi connectivity index (χ0n) is 35.2. The van der Waals surface area contributed by atoms with Crippen molar-refractivity contribution in [3.8, 4) is 0 Å². The third-order valence-corrected chi connectivity index (χ3v) is 13.4. The molecule has 5 aromatic rings. The van der Waals surface area contributed by atoms with E-state index in [2.05, 4.69) is 79.4 Å². The fraction of sp³-hybridized carbons (Fsp3) is 0.413. The van der Waals surface area contributed by atoms with Gasteiger partial charge in [0.15, 0.2) is 11.5 Å². The molecule has 17 heteroatoms. The highest BCUT2D eigenvalue weighted by molar-refractivity contribution is 6.23. The monoisotopic (exact) mass is 850 g/mol. The van der Waals surface area contributed by atoms with Gasteiger partial charge in [-0.3, -0.25) is 39.1 Å². The number of fused-ring (bicyclic) bond motifs is 2. The standard InChI is InChI=1S/C46H50N12O5/c1-28-3-2-4-37(51-28)43(60)52-31-21-34(22-31)57-27-50-40-41(48-26-49-42(40)57)47-24-29-5-7-32(8-6-29)56-19-17-54(18-20-56)25-30-13-15-55(16-14-30)33-9-10-35-36(23-33)46(63)58(45(35)62)38-11-12-39(59)53-44(38)61/h2-10,23,26-27,30-31,34,38H,11-22,24-25H2,1H3,(H,52,60)(H,47,48,49)(H,53,59,61)/t31?,34?,38-/m0/s1. The molecule has 7 heterocycles. The maximum Gasteiger partial charge on any atom is 0.270 e. The van der Waals surface area contributed by atoms with Crippen molar-refractivity contribution in [2.75, 3.05) is 60.9 Å². The summed E-state index contributed by atoms with van der Waals surface area (Å²) >= 11 is 0. The Balaban J connectivity index is 0.664. The Morgan fingerprint density at radius 3 is 2.32 bits per heavy atom. The molecule has 0 spiro atoms. The molecule has 324 valence electrons. The zero-order chi connectivity index (χ0) is 43.2. The molecule has 63 heavy (non-hydrogen) atoms. The van der Waals surface area contributed by atoms with Gasteiger partial charge in [-0.1, -0.05) is 18.2 Å². The maximum absolute atomic E-state index is 13.4. The van der Waals surface area contributed by atoms with E-state index < -0.39 is 23.8 Å². The topological polar surface area (TPSA) is 191 Å². The lowest BCUT2D eigenvalue weighted by Crippen LogP contribution is -2.54. The first-order chi connectivity index (χ1) is 30.6. The predicted molar refractivity (Wildman–Crippen MR) is 234 cm³/mol. The number of aryl methyl sites for hydroxylation is 1. The van der Waals surface area contributed by atoms with Crippen LogP contribution in [0.2, 0.25) is 0 Å². The molecular weight excluding hydrogens is 801 g/mol. The highest BCUT2D eigenvalue weighted by Crippen LogP contribution is 2.36. The van der Waals surface area contributed by atoms with E-state index in [0.29, 0.717) is 35.1 Å². The van der Waals surface area contributed by atoms with E-state index in [9.17, 15) is 24.0 Å². The smallest absolute Gasteiger partial charge is 0.270 e. The second-order valence-electron chi connectivity index (χ2n) is 17.4. The van der Waals surface area contributed by atoms with Gasteiger partial charge in [-0.15, -0.1) is 0 Å². The Hall–Kier alpha value is -6.75. The Kier molecular flexibility index (Phi) is 10.8. The summed E-state index contributed by atoms with van der Waals surface area (Å²) < 4.78 is 2.09. The van der Waals surface area contributed by atoms with Gasteiger partial charge < -0.3 is 25.0 Å². The first-order valence-electron chi connectivity index (χ1n) is 22.0. The molecule has 3 aromatic heterocycles. The van der Waals surface area contributed by atoms with Crippen LogP contribution in [0.5, 0.6) is 0 Å². The van der Waals surface area contributed by atoms with Crippen molar-refractivity contribution in [2.24, 2.45) is 5.92 Å². The van der Waals surface area contributed by atoms with Gasteiger partial charge in [-0.25, -0.2) is 19.9 Å². The van der Waals surface area contributed by atoms with Crippen LogP contribution in [0.4, 0.5) is 17.2 Å². The lowest BCUT2D eigenvalue weighted by Gasteiger charge is -2.40. The summed E-state index contributed by atoms with van der Waals surface area (Å²) in [5.41, 5.74) is 6.66. The van der Waals surface area contributed by atoms with Crippen LogP contribution >= 0.6 is 0 Å². The quantitative estimate of drug-likeness (QED) is 0.163. The summed E-state index contributed by atoms with van der Waals surface area (Å²) in [6, 6.07) is 18.9. The molecule has 1 atom stereocenters. The van der Waals surface area contributed by atoms with E-state index in [0.717, 1.165) is 105 Å². The number of carbonyl (C=O) groups excluding carboxylic acids is 5. The average molecular weight is 851 g/mol. The summed E-state index contributed by atoms with van der Waals surface area (Å²) in [5.74, 6) is -0.813. The molecular formula is C46H50N12O5. The fourth-order valence-corrected chi connectivity index (χ4v) is 9.70. The molecule has 1 saturated carbocycles. The van der Waals surface area contributed by atoms with Crippen LogP contribution in [-0.4, -0.2) is 122 Å². The number of nitrogens with one attached hydrogen (secondary N) is 3. The van der Waals surface area contributed by atoms with E-state index >= 15 is 0 Å². The third-order valence-electron chi connectivity index (χ3n) is 13.4. The van der Waals surface area contributed by atoms with Gasteiger partial charge in [0.05, 0.1) is 17.5 Å². The van der Waals surface area contributed by atoms with Crippen LogP contribution in [0.1, 0.15) is 87.0 Å². The Morgan fingerprint density at radius 2 is 1.56 bits per heavy atom. The van der Waals surface area contributed by atoms with Crippen molar-refractivity contribution < 1.29 is 24.0 Å². The molecule has 5 amide bonds. The van der Waals surface area contributed by atoms with Crippen molar-refractivity contribution in [3.05, 3.63) is 101 Å². The number of hydrogen-bond acceptors (Lipinski definition) is 13. The zero-order valence-corrected chi connectivity index (χ0v) is 35.2. The van der Waals surface area contributed by atoms with Crippen LogP contribution in [0, 0.1) is 12.8 Å². The van der Waals surface area contributed by atoms with Crippen LogP contribution < -0.4 is 25.8 Å². The molecule has 3 saturated heterocycles. The van der Waals surface area contributed by atoms with Gasteiger partial charge in [0.2, 0.25) is 11.8 Å². The Labute approximate surface area is 364 Å². The van der Waals surface area contributed by atoms with E-state index in [1.54, 1.807) is 24.5 Å². The summed E-state index contributed by atoms with van der Waals surface area (Å²) in [6.07, 6.45) is 7.31. The molecule has 1 aliphatic carbocycles. The number of carbonyl (C=O) groups is 5. The number of pyridine rings is 1. The number of piperidine rings is 2. The van der Waals surface area contributed by atoms with Crippen LogP contribution in [0.15, 0.2) is 73.3 Å². The van der Waals surface area contributed by atoms with Crippen molar-refractivity contribution >= 4 is 57.9 Å². The minimum atomic E-state index is -0.965. The summed E-state index contributed by atoms with van der Waals surface area (Å²) in [4.78, 5) is 89.7. The number of rotatable bonds is 11. The number of anilines is 3. The lowest BCUT2D eigenvalue weighted by atomic mass is 9.86. The average Bonchev–Trinajstić information content (AvgIpc) is 3.82. The number of amides is 5. The Morgan fingerprint density at radius 1 is 0.810 bits per heavy atom. The molecule has 17 nitrogen and oxygen atoms in total. The molecule has 0 unspecified atom stereocenters. The molecule has 2 aromatic carbocycles. The number of imidazole rings is 1. The molecule has 3 N–H and O–H groups in total. The van der Waals surface area contributed by atoms with Gasteiger partial charge in [0.25, 0.3) is 17.7 Å². The van der Waals surface area contributed by atoms with E-state index in [4.69, 9.17) is 0 Å². The normalized spacial score (nSPS) is 22.0. The fourth-order valence-electron chi connectivity index (χ4n) is 9.70. The second-order valence-corrected chi connectivity index (χ2v) is 17.4. The van der Waals surface area contributed by atoms with Crippen molar-refractivity contribution in [1.82, 2.24) is 44.9 Å². The number of nitrogens with zero attached hydrogens (tertiary/aromatic N) is 9. The molecule has 4 aliphatic heterocycles.